The van der Waals surface area contributed by atoms with Crippen molar-refractivity contribution in [2.24, 2.45) is 5.92 Å². The minimum Gasteiger partial charge on any atom is -0.321 e. The number of hydrogen-bond acceptors (Lipinski definition) is 2. The van der Waals surface area contributed by atoms with E-state index in [1.165, 1.54) is 6.07 Å². The second-order valence-electron chi connectivity index (χ2n) is 6.01. The normalized spacial score (nSPS) is 21.9. The summed E-state index contributed by atoms with van der Waals surface area (Å²) in [7, 11) is 0. The van der Waals surface area contributed by atoms with Gasteiger partial charge in [0.2, 0.25) is 0 Å². The molecule has 1 saturated heterocycles. The van der Waals surface area contributed by atoms with Gasteiger partial charge in [0.1, 0.15) is 5.82 Å². The van der Waals surface area contributed by atoms with E-state index in [1.54, 1.807) is 18.2 Å². The average molecular weight is 291 g/mol. The van der Waals surface area contributed by atoms with Gasteiger partial charge in [-0.15, -0.1) is 0 Å². The van der Waals surface area contributed by atoms with Gasteiger partial charge in [0.15, 0.2) is 0 Å². The standard InChI is InChI=1S/C16H22FN3O/c17-14-5-1-2-6-15(14)19-16(21)20(13-7-8-13)11-12-4-3-9-18-10-12/h1-2,5-6,12-13,18H,3-4,7-11H2,(H,19,21). The number of amides is 2. The van der Waals surface area contributed by atoms with Crippen LogP contribution in [0.3, 0.4) is 0 Å². The third-order valence-electron chi connectivity index (χ3n) is 4.22. The lowest BCUT2D eigenvalue weighted by atomic mass is 9.99. The molecule has 0 bridgehead atoms. The van der Waals surface area contributed by atoms with Gasteiger partial charge >= 0.3 is 6.03 Å². The number of piperidine rings is 1. The number of urea groups is 1. The van der Waals surface area contributed by atoms with E-state index in [0.29, 0.717) is 12.0 Å². The van der Waals surface area contributed by atoms with Crippen molar-refractivity contribution < 1.29 is 9.18 Å². The second-order valence-corrected chi connectivity index (χ2v) is 6.01. The Morgan fingerprint density at radius 3 is 2.81 bits per heavy atom. The van der Waals surface area contributed by atoms with Crippen LogP contribution in [0, 0.1) is 11.7 Å². The summed E-state index contributed by atoms with van der Waals surface area (Å²) in [5, 5.41) is 6.09. The van der Waals surface area contributed by atoms with Crippen molar-refractivity contribution >= 4 is 11.7 Å². The summed E-state index contributed by atoms with van der Waals surface area (Å²) in [6.45, 7) is 2.80. The first kappa shape index (κ1) is 14.3. The van der Waals surface area contributed by atoms with Crippen molar-refractivity contribution in [1.82, 2.24) is 10.2 Å². The van der Waals surface area contributed by atoms with E-state index < -0.39 is 0 Å². The predicted octanol–water partition coefficient (Wildman–Crippen LogP) is 2.82. The minimum atomic E-state index is -0.388. The van der Waals surface area contributed by atoms with Gasteiger partial charge in [0.05, 0.1) is 5.69 Å². The van der Waals surface area contributed by atoms with Gasteiger partial charge in [-0.25, -0.2) is 9.18 Å². The first-order valence-corrected chi connectivity index (χ1v) is 7.77. The molecule has 1 aromatic rings. The summed E-state index contributed by atoms with van der Waals surface area (Å²) in [4.78, 5) is 14.3. The highest BCUT2D eigenvalue weighted by Crippen LogP contribution is 2.29. The maximum absolute atomic E-state index is 13.6. The summed E-state index contributed by atoms with van der Waals surface area (Å²) in [5.41, 5.74) is 0.259. The number of carbonyl (C=O) groups is 1. The summed E-state index contributed by atoms with van der Waals surface area (Å²) in [6.07, 6.45) is 4.44. The molecule has 1 aromatic carbocycles. The molecular formula is C16H22FN3O. The first-order valence-electron chi connectivity index (χ1n) is 7.77. The number of nitrogens with one attached hydrogen (secondary N) is 2. The summed E-state index contributed by atoms with van der Waals surface area (Å²) in [6, 6.07) is 6.47. The molecule has 1 heterocycles. The van der Waals surface area contributed by atoms with Crippen LogP contribution in [0.15, 0.2) is 24.3 Å². The van der Waals surface area contributed by atoms with Gasteiger partial charge in [-0.1, -0.05) is 12.1 Å². The molecule has 1 aliphatic heterocycles. The van der Waals surface area contributed by atoms with Crippen LogP contribution in [0.1, 0.15) is 25.7 Å². The SMILES string of the molecule is O=C(Nc1ccccc1F)N(CC1CCCNC1)C1CC1. The third kappa shape index (κ3) is 3.73. The van der Waals surface area contributed by atoms with Crippen molar-refractivity contribution in [1.29, 1.82) is 0 Å². The monoisotopic (exact) mass is 291 g/mol. The molecule has 114 valence electrons. The van der Waals surface area contributed by atoms with Crippen molar-refractivity contribution in [2.75, 3.05) is 25.0 Å². The molecule has 3 rings (SSSR count). The third-order valence-corrected chi connectivity index (χ3v) is 4.22. The number of carbonyl (C=O) groups excluding carboxylic acids is 1. The molecule has 1 aliphatic carbocycles. The molecule has 5 heteroatoms. The lowest BCUT2D eigenvalue weighted by molar-refractivity contribution is 0.190. The van der Waals surface area contributed by atoms with Crippen molar-refractivity contribution in [3.05, 3.63) is 30.1 Å². The maximum atomic E-state index is 13.6. The lowest BCUT2D eigenvalue weighted by Gasteiger charge is -2.30. The molecule has 2 amide bonds. The number of anilines is 1. The zero-order valence-corrected chi connectivity index (χ0v) is 12.1. The second kappa shape index (κ2) is 6.43. The molecule has 2 fully saturated rings. The van der Waals surface area contributed by atoms with Crippen LogP contribution < -0.4 is 10.6 Å². The number of rotatable bonds is 4. The Morgan fingerprint density at radius 1 is 1.33 bits per heavy atom. The summed E-state index contributed by atoms with van der Waals surface area (Å²) in [5.74, 6) is 0.117. The van der Waals surface area contributed by atoms with E-state index >= 15 is 0 Å². The van der Waals surface area contributed by atoms with Crippen LogP contribution in [0.4, 0.5) is 14.9 Å². The molecule has 21 heavy (non-hydrogen) atoms. The van der Waals surface area contributed by atoms with Crippen LogP contribution in [-0.4, -0.2) is 36.6 Å². The van der Waals surface area contributed by atoms with Crippen LogP contribution >= 0.6 is 0 Å². The first-order chi connectivity index (χ1) is 10.2. The smallest absolute Gasteiger partial charge is 0.321 e. The Hall–Kier alpha value is -1.62. The van der Waals surface area contributed by atoms with Gasteiger partial charge in [-0.2, -0.15) is 0 Å². The van der Waals surface area contributed by atoms with E-state index in [2.05, 4.69) is 10.6 Å². The molecule has 0 radical (unpaired) electrons. The highest BCUT2D eigenvalue weighted by molar-refractivity contribution is 5.89. The largest absolute Gasteiger partial charge is 0.322 e. The number of benzene rings is 1. The fourth-order valence-corrected chi connectivity index (χ4v) is 2.89. The maximum Gasteiger partial charge on any atom is 0.322 e. The Labute approximate surface area is 124 Å². The number of halogens is 1. The molecule has 1 unspecified atom stereocenters. The van der Waals surface area contributed by atoms with Gasteiger partial charge in [-0.05, 0) is 56.8 Å². The quantitative estimate of drug-likeness (QED) is 0.896. The van der Waals surface area contributed by atoms with Crippen LogP contribution in [0.5, 0.6) is 0 Å². The Bertz CT molecular complexity index is 498. The number of para-hydroxylation sites is 1. The van der Waals surface area contributed by atoms with Crippen molar-refractivity contribution in [3.63, 3.8) is 0 Å². The fraction of sp³-hybridized carbons (Fsp3) is 0.562. The minimum absolute atomic E-state index is 0.173. The van der Waals surface area contributed by atoms with E-state index in [-0.39, 0.29) is 17.5 Å². The Balaban J connectivity index is 1.63. The van der Waals surface area contributed by atoms with Gasteiger partial charge in [-0.3, -0.25) is 0 Å². The highest BCUT2D eigenvalue weighted by Gasteiger charge is 2.34. The predicted molar refractivity (Wildman–Crippen MR) is 80.7 cm³/mol. The Morgan fingerprint density at radius 2 is 2.14 bits per heavy atom. The molecule has 2 aliphatic rings. The molecular weight excluding hydrogens is 269 g/mol. The van der Waals surface area contributed by atoms with Crippen LogP contribution in [0.2, 0.25) is 0 Å². The Kier molecular flexibility index (Phi) is 4.39. The molecule has 4 nitrogen and oxygen atoms in total. The fourth-order valence-electron chi connectivity index (χ4n) is 2.89. The molecule has 1 saturated carbocycles. The molecule has 1 atom stereocenters. The zero-order valence-electron chi connectivity index (χ0n) is 12.1. The van der Waals surface area contributed by atoms with Gasteiger partial charge < -0.3 is 15.5 Å². The van der Waals surface area contributed by atoms with Crippen LogP contribution in [0.25, 0.3) is 0 Å². The van der Waals surface area contributed by atoms with Gasteiger partial charge in [0.25, 0.3) is 0 Å². The van der Waals surface area contributed by atoms with Crippen LogP contribution in [-0.2, 0) is 0 Å². The zero-order chi connectivity index (χ0) is 14.7. The molecule has 2 N–H and O–H groups in total. The van der Waals surface area contributed by atoms with Crippen molar-refractivity contribution in [3.8, 4) is 0 Å². The molecule has 0 spiro atoms. The molecule has 0 aromatic heterocycles. The number of nitrogens with zero attached hydrogens (tertiary/aromatic N) is 1. The van der Waals surface area contributed by atoms with E-state index in [1.807, 2.05) is 4.90 Å². The number of hydrogen-bond donors (Lipinski definition) is 2. The van der Waals surface area contributed by atoms with E-state index in [0.717, 1.165) is 45.3 Å². The van der Waals surface area contributed by atoms with Gasteiger partial charge in [0, 0.05) is 12.6 Å². The van der Waals surface area contributed by atoms with E-state index in [4.69, 9.17) is 0 Å². The summed E-state index contributed by atoms with van der Waals surface area (Å²) >= 11 is 0. The topological polar surface area (TPSA) is 44.4 Å². The van der Waals surface area contributed by atoms with E-state index in [9.17, 15) is 9.18 Å². The summed E-state index contributed by atoms with van der Waals surface area (Å²) < 4.78 is 13.6. The average Bonchev–Trinajstić information content (AvgIpc) is 3.33. The highest BCUT2D eigenvalue weighted by atomic mass is 19.1. The van der Waals surface area contributed by atoms with Crippen molar-refractivity contribution in [2.45, 2.75) is 31.7 Å². The lowest BCUT2D eigenvalue weighted by Crippen LogP contribution is -2.44.